The predicted octanol–water partition coefficient (Wildman–Crippen LogP) is 1.19. The zero-order valence-corrected chi connectivity index (χ0v) is 12.1. The molecule has 0 aliphatic rings. The van der Waals surface area contributed by atoms with Crippen molar-refractivity contribution < 1.29 is 4.79 Å². The highest BCUT2D eigenvalue weighted by Gasteiger charge is 2.10. The Hall–Kier alpha value is -2.76. The van der Waals surface area contributed by atoms with Gasteiger partial charge in [-0.2, -0.15) is 5.10 Å². The first-order valence-corrected chi connectivity index (χ1v) is 6.38. The molecule has 0 N–H and O–H groups in total. The van der Waals surface area contributed by atoms with E-state index in [2.05, 4.69) is 10.1 Å². The molecule has 2 heterocycles. The maximum Gasteiger partial charge on any atom is 0.211 e. The second-order valence-electron chi connectivity index (χ2n) is 4.84. The Morgan fingerprint density at radius 1 is 1.33 bits per heavy atom. The lowest BCUT2D eigenvalue weighted by molar-refractivity contribution is 0.103. The number of hydrogen-bond donors (Lipinski definition) is 0. The van der Waals surface area contributed by atoms with Gasteiger partial charge in [-0.3, -0.25) is 14.6 Å². The summed E-state index contributed by atoms with van der Waals surface area (Å²) >= 11 is 0. The molecule has 0 aromatic carbocycles. The summed E-state index contributed by atoms with van der Waals surface area (Å²) < 4.78 is 1.47. The SMILES string of the molecule is Cc1cncc(-n2ccc(=O)c(C(=O)C=CN(C)C)n2)c1. The number of allylic oxidation sites excluding steroid dienone is 1. The first-order valence-electron chi connectivity index (χ1n) is 6.38. The van der Waals surface area contributed by atoms with Gasteiger partial charge >= 0.3 is 0 Å². The van der Waals surface area contributed by atoms with E-state index in [1.807, 2.05) is 13.0 Å². The number of rotatable bonds is 4. The number of hydrogen-bond acceptors (Lipinski definition) is 5. The molecule has 0 fully saturated rings. The number of aromatic nitrogens is 3. The van der Waals surface area contributed by atoms with Gasteiger partial charge in [0, 0.05) is 44.8 Å². The maximum atomic E-state index is 12.0. The molecule has 0 saturated carbocycles. The number of carbonyl (C=O) groups is 1. The van der Waals surface area contributed by atoms with Crippen molar-refractivity contribution in [3.8, 4) is 5.69 Å². The van der Waals surface area contributed by atoms with Crippen LogP contribution >= 0.6 is 0 Å². The number of aryl methyl sites for hydroxylation is 1. The van der Waals surface area contributed by atoms with E-state index >= 15 is 0 Å². The minimum atomic E-state index is -0.427. The van der Waals surface area contributed by atoms with E-state index in [1.165, 1.54) is 23.0 Å². The fraction of sp³-hybridized carbons (Fsp3) is 0.200. The van der Waals surface area contributed by atoms with Crippen molar-refractivity contribution in [2.75, 3.05) is 14.1 Å². The van der Waals surface area contributed by atoms with E-state index in [4.69, 9.17) is 0 Å². The summed E-state index contributed by atoms with van der Waals surface area (Å²) in [5, 5.41) is 4.11. The monoisotopic (exact) mass is 284 g/mol. The van der Waals surface area contributed by atoms with Gasteiger partial charge < -0.3 is 4.90 Å². The highest BCUT2D eigenvalue weighted by molar-refractivity contribution is 6.02. The average Bonchev–Trinajstić information content (AvgIpc) is 2.45. The van der Waals surface area contributed by atoms with Crippen LogP contribution < -0.4 is 5.43 Å². The van der Waals surface area contributed by atoms with Crippen LogP contribution in [-0.4, -0.2) is 39.5 Å². The molecule has 6 nitrogen and oxygen atoms in total. The van der Waals surface area contributed by atoms with Gasteiger partial charge in [0.1, 0.15) is 0 Å². The van der Waals surface area contributed by atoms with Crippen molar-refractivity contribution in [2.24, 2.45) is 0 Å². The molecule has 108 valence electrons. The lowest BCUT2D eigenvalue weighted by Gasteiger charge is -2.07. The first-order chi connectivity index (χ1) is 9.97. The Morgan fingerprint density at radius 2 is 2.10 bits per heavy atom. The number of carbonyl (C=O) groups excluding carboxylic acids is 1. The molecule has 2 aromatic heterocycles. The summed E-state index contributed by atoms with van der Waals surface area (Å²) in [5.74, 6) is -0.427. The molecule has 0 unspecified atom stereocenters. The van der Waals surface area contributed by atoms with Crippen LogP contribution in [0.25, 0.3) is 5.69 Å². The Balaban J connectivity index is 2.42. The molecule has 0 atom stereocenters. The third kappa shape index (κ3) is 3.62. The molecule has 6 heteroatoms. The Labute approximate surface area is 122 Å². The van der Waals surface area contributed by atoms with Gasteiger partial charge in [-0.15, -0.1) is 0 Å². The smallest absolute Gasteiger partial charge is 0.211 e. The summed E-state index contributed by atoms with van der Waals surface area (Å²) in [6, 6.07) is 3.19. The van der Waals surface area contributed by atoms with Crippen LogP contribution in [0.3, 0.4) is 0 Å². The molecule has 21 heavy (non-hydrogen) atoms. The predicted molar refractivity (Wildman–Crippen MR) is 79.5 cm³/mol. The summed E-state index contributed by atoms with van der Waals surface area (Å²) in [7, 11) is 3.58. The van der Waals surface area contributed by atoms with Gasteiger partial charge in [0.25, 0.3) is 0 Å². The lowest BCUT2D eigenvalue weighted by Crippen LogP contribution is -2.20. The molecule has 0 saturated heterocycles. The molecule has 0 aliphatic heterocycles. The quantitative estimate of drug-likeness (QED) is 0.623. The molecule has 0 aliphatic carbocycles. The van der Waals surface area contributed by atoms with Crippen LogP contribution in [0.1, 0.15) is 16.1 Å². The Kier molecular flexibility index (Phi) is 4.27. The third-order valence-electron chi connectivity index (χ3n) is 2.69. The normalized spacial score (nSPS) is 10.8. The second kappa shape index (κ2) is 6.13. The Bertz CT molecular complexity index is 747. The summed E-state index contributed by atoms with van der Waals surface area (Å²) in [4.78, 5) is 29.6. The largest absolute Gasteiger partial charge is 0.383 e. The van der Waals surface area contributed by atoms with E-state index in [0.29, 0.717) is 5.69 Å². The minimum absolute atomic E-state index is 0.114. The van der Waals surface area contributed by atoms with E-state index < -0.39 is 11.2 Å². The van der Waals surface area contributed by atoms with Gasteiger partial charge in [-0.25, -0.2) is 4.68 Å². The van der Waals surface area contributed by atoms with Gasteiger partial charge in [0.2, 0.25) is 11.2 Å². The molecule has 0 amide bonds. The van der Waals surface area contributed by atoms with Crippen molar-refractivity contribution in [1.29, 1.82) is 0 Å². The lowest BCUT2D eigenvalue weighted by atomic mass is 10.2. The van der Waals surface area contributed by atoms with Gasteiger partial charge in [-0.05, 0) is 18.6 Å². The zero-order valence-electron chi connectivity index (χ0n) is 12.1. The van der Waals surface area contributed by atoms with Crippen LogP contribution in [0.5, 0.6) is 0 Å². The molecule has 2 aromatic rings. The fourth-order valence-corrected chi connectivity index (χ4v) is 1.68. The molecule has 0 radical (unpaired) electrons. The van der Waals surface area contributed by atoms with E-state index in [9.17, 15) is 9.59 Å². The van der Waals surface area contributed by atoms with Gasteiger partial charge in [-0.1, -0.05) is 0 Å². The fourth-order valence-electron chi connectivity index (χ4n) is 1.68. The number of ketones is 1. The first kappa shape index (κ1) is 14.6. The molecular weight excluding hydrogens is 268 g/mol. The Morgan fingerprint density at radius 3 is 2.76 bits per heavy atom. The van der Waals surface area contributed by atoms with Gasteiger partial charge in [0.15, 0.2) is 5.69 Å². The number of nitrogens with zero attached hydrogens (tertiary/aromatic N) is 4. The van der Waals surface area contributed by atoms with E-state index in [0.717, 1.165) is 5.56 Å². The van der Waals surface area contributed by atoms with Crippen LogP contribution in [0.2, 0.25) is 0 Å². The molecule has 0 bridgehead atoms. The standard InChI is InChI=1S/C15H16N4O2/c1-11-8-12(10-16-9-11)19-7-5-14(21)15(17-19)13(20)4-6-18(2)3/h4-10H,1-3H3. The van der Waals surface area contributed by atoms with Crippen molar-refractivity contribution in [3.05, 3.63) is 64.5 Å². The highest BCUT2D eigenvalue weighted by Crippen LogP contribution is 2.06. The van der Waals surface area contributed by atoms with E-state index in [-0.39, 0.29) is 5.69 Å². The van der Waals surface area contributed by atoms with Crippen LogP contribution in [0.4, 0.5) is 0 Å². The second-order valence-corrected chi connectivity index (χ2v) is 4.84. The van der Waals surface area contributed by atoms with Crippen molar-refractivity contribution in [1.82, 2.24) is 19.7 Å². The molecular formula is C15H16N4O2. The van der Waals surface area contributed by atoms with Crippen molar-refractivity contribution >= 4 is 5.78 Å². The van der Waals surface area contributed by atoms with Crippen molar-refractivity contribution in [3.63, 3.8) is 0 Å². The van der Waals surface area contributed by atoms with E-state index in [1.54, 1.807) is 37.6 Å². The minimum Gasteiger partial charge on any atom is -0.383 e. The summed E-state index contributed by atoms with van der Waals surface area (Å²) in [5.41, 5.74) is 1.14. The summed E-state index contributed by atoms with van der Waals surface area (Å²) in [6.07, 6.45) is 7.76. The van der Waals surface area contributed by atoms with Crippen LogP contribution in [0, 0.1) is 6.92 Å². The molecule has 0 spiro atoms. The topological polar surface area (TPSA) is 68.1 Å². The maximum absolute atomic E-state index is 12.0. The van der Waals surface area contributed by atoms with Crippen LogP contribution in [0.15, 0.2) is 47.8 Å². The third-order valence-corrected chi connectivity index (χ3v) is 2.69. The zero-order chi connectivity index (χ0) is 15.4. The highest BCUT2D eigenvalue weighted by atomic mass is 16.1. The molecule has 2 rings (SSSR count). The van der Waals surface area contributed by atoms with Gasteiger partial charge in [0.05, 0.1) is 11.9 Å². The average molecular weight is 284 g/mol. The number of pyridine rings is 1. The van der Waals surface area contributed by atoms with Crippen LogP contribution in [-0.2, 0) is 0 Å². The summed E-state index contributed by atoms with van der Waals surface area (Å²) in [6.45, 7) is 1.91. The van der Waals surface area contributed by atoms with Crippen molar-refractivity contribution in [2.45, 2.75) is 6.92 Å².